The van der Waals surface area contributed by atoms with Crippen LogP contribution in [0.3, 0.4) is 0 Å². The molecule has 1 aliphatic rings. The molecule has 5 nitrogen and oxygen atoms in total. The number of carbonyl (C=O) groups is 1. The molecule has 0 spiro atoms. The van der Waals surface area contributed by atoms with E-state index in [9.17, 15) is 4.79 Å². The molecule has 0 unspecified atom stereocenters. The van der Waals surface area contributed by atoms with Gasteiger partial charge in [0.15, 0.2) is 6.10 Å². The first-order chi connectivity index (χ1) is 11.7. The van der Waals surface area contributed by atoms with Gasteiger partial charge in [-0.2, -0.15) is 0 Å². The van der Waals surface area contributed by atoms with E-state index >= 15 is 0 Å². The fraction of sp³-hybridized carbons (Fsp3) is 0.444. The van der Waals surface area contributed by atoms with Crippen LogP contribution in [0.2, 0.25) is 0 Å². The second-order valence-electron chi connectivity index (χ2n) is 5.84. The Kier molecular flexibility index (Phi) is 5.96. The van der Waals surface area contributed by atoms with Crippen molar-refractivity contribution in [2.75, 3.05) is 26.8 Å². The predicted octanol–water partition coefficient (Wildman–Crippen LogP) is 2.30. The molecule has 2 heterocycles. The van der Waals surface area contributed by atoms with Gasteiger partial charge in [0.2, 0.25) is 0 Å². The summed E-state index contributed by atoms with van der Waals surface area (Å²) in [4.78, 5) is 18.5. The maximum absolute atomic E-state index is 11.6. The minimum Gasteiger partial charge on any atom is -0.467 e. The van der Waals surface area contributed by atoms with Crippen LogP contribution < -0.4 is 0 Å². The molecule has 0 bridgehead atoms. The van der Waals surface area contributed by atoms with Crippen LogP contribution in [0.4, 0.5) is 0 Å². The summed E-state index contributed by atoms with van der Waals surface area (Å²) in [6, 6.07) is 10.5. The highest BCUT2D eigenvalue weighted by Gasteiger charge is 2.27. The lowest BCUT2D eigenvalue weighted by Gasteiger charge is -2.30. The average Bonchev–Trinajstić information content (AvgIpc) is 3.08. The molecule has 1 saturated heterocycles. The number of benzene rings is 1. The maximum Gasteiger partial charge on any atom is 0.336 e. The van der Waals surface area contributed by atoms with E-state index in [-0.39, 0.29) is 5.97 Å². The van der Waals surface area contributed by atoms with E-state index in [1.165, 1.54) is 12.7 Å². The molecule has 0 radical (unpaired) electrons. The fourth-order valence-electron chi connectivity index (χ4n) is 2.78. The number of methoxy groups -OCH3 is 1. The van der Waals surface area contributed by atoms with Gasteiger partial charge in [0, 0.05) is 31.4 Å². The van der Waals surface area contributed by atoms with Crippen molar-refractivity contribution < 1.29 is 14.3 Å². The van der Waals surface area contributed by atoms with Crippen molar-refractivity contribution in [3.63, 3.8) is 0 Å². The molecular weight excluding hydrogens is 324 g/mol. The lowest BCUT2D eigenvalue weighted by atomic mass is 10.1. The standard InChI is InChI=1S/C18H22N2O3S/c1-22-18(21)16-12-20(9-10-23-16)11-15-13-24-17(19-15)8-7-14-5-3-2-4-6-14/h2-6,13,16H,7-12H2,1H3/t16-/m0/s1. The number of aromatic nitrogens is 1. The van der Waals surface area contributed by atoms with Crippen LogP contribution in [0.25, 0.3) is 0 Å². The van der Waals surface area contributed by atoms with Gasteiger partial charge in [-0.3, -0.25) is 4.90 Å². The normalized spacial score (nSPS) is 18.5. The Bertz CT molecular complexity index is 659. The van der Waals surface area contributed by atoms with Gasteiger partial charge < -0.3 is 9.47 Å². The highest BCUT2D eigenvalue weighted by atomic mass is 32.1. The number of aryl methyl sites for hydroxylation is 2. The molecule has 24 heavy (non-hydrogen) atoms. The van der Waals surface area contributed by atoms with E-state index in [0.717, 1.165) is 36.6 Å². The molecule has 3 rings (SSSR count). The van der Waals surface area contributed by atoms with E-state index in [1.807, 2.05) is 6.07 Å². The summed E-state index contributed by atoms with van der Waals surface area (Å²) >= 11 is 1.71. The topological polar surface area (TPSA) is 51.7 Å². The molecule has 1 aliphatic heterocycles. The van der Waals surface area contributed by atoms with Crippen molar-refractivity contribution in [3.05, 3.63) is 52.0 Å². The lowest BCUT2D eigenvalue weighted by Crippen LogP contribution is -2.46. The third-order valence-electron chi connectivity index (χ3n) is 4.07. The molecule has 6 heteroatoms. The first kappa shape index (κ1) is 17.1. The van der Waals surface area contributed by atoms with E-state index < -0.39 is 6.10 Å². The van der Waals surface area contributed by atoms with E-state index in [2.05, 4.69) is 34.5 Å². The number of carbonyl (C=O) groups excluding carboxylic acids is 1. The van der Waals surface area contributed by atoms with Crippen LogP contribution in [0.15, 0.2) is 35.7 Å². The number of nitrogens with zero attached hydrogens (tertiary/aromatic N) is 2. The summed E-state index contributed by atoms with van der Waals surface area (Å²) in [5.41, 5.74) is 2.40. The summed E-state index contributed by atoms with van der Waals surface area (Å²) in [6.07, 6.45) is 1.48. The first-order valence-electron chi connectivity index (χ1n) is 8.13. The molecule has 128 valence electrons. The number of rotatable bonds is 6. The van der Waals surface area contributed by atoms with Gasteiger partial charge in [0.25, 0.3) is 0 Å². The lowest BCUT2D eigenvalue weighted by molar-refractivity contribution is -0.160. The van der Waals surface area contributed by atoms with Crippen molar-refractivity contribution in [2.24, 2.45) is 0 Å². The highest BCUT2D eigenvalue weighted by Crippen LogP contribution is 2.16. The van der Waals surface area contributed by atoms with Gasteiger partial charge >= 0.3 is 5.97 Å². The van der Waals surface area contributed by atoms with Gasteiger partial charge in [-0.15, -0.1) is 11.3 Å². The molecule has 1 fully saturated rings. The van der Waals surface area contributed by atoms with Crippen molar-refractivity contribution in [2.45, 2.75) is 25.5 Å². The molecule has 0 N–H and O–H groups in total. The first-order valence-corrected chi connectivity index (χ1v) is 9.01. The molecule has 0 aliphatic carbocycles. The van der Waals surface area contributed by atoms with Crippen LogP contribution in [-0.4, -0.2) is 48.8 Å². The number of thiazole rings is 1. The summed E-state index contributed by atoms with van der Waals surface area (Å²) in [7, 11) is 1.39. The molecular formula is C18H22N2O3S. The zero-order chi connectivity index (χ0) is 16.8. The summed E-state index contributed by atoms with van der Waals surface area (Å²) in [5.74, 6) is -0.304. The minimum absolute atomic E-state index is 0.304. The molecule has 0 saturated carbocycles. The maximum atomic E-state index is 11.6. The second kappa shape index (κ2) is 8.37. The van der Waals surface area contributed by atoms with Gasteiger partial charge in [-0.25, -0.2) is 9.78 Å². The van der Waals surface area contributed by atoms with Crippen molar-refractivity contribution in [1.82, 2.24) is 9.88 Å². The number of hydrogen-bond acceptors (Lipinski definition) is 6. The van der Waals surface area contributed by atoms with Crippen molar-refractivity contribution in [3.8, 4) is 0 Å². The van der Waals surface area contributed by atoms with Crippen LogP contribution in [0, 0.1) is 0 Å². The second-order valence-corrected chi connectivity index (χ2v) is 6.78. The molecule has 1 aromatic carbocycles. The number of esters is 1. The van der Waals surface area contributed by atoms with Gasteiger partial charge in [0.05, 0.1) is 24.4 Å². The number of ether oxygens (including phenoxy) is 2. The van der Waals surface area contributed by atoms with Crippen LogP contribution in [0.5, 0.6) is 0 Å². The zero-order valence-electron chi connectivity index (χ0n) is 13.8. The van der Waals surface area contributed by atoms with Crippen LogP contribution in [-0.2, 0) is 33.7 Å². The number of hydrogen-bond donors (Lipinski definition) is 0. The average molecular weight is 346 g/mol. The van der Waals surface area contributed by atoms with E-state index in [0.29, 0.717) is 13.2 Å². The Labute approximate surface area is 146 Å². The molecule has 0 amide bonds. The summed E-state index contributed by atoms with van der Waals surface area (Å²) < 4.78 is 10.2. The zero-order valence-corrected chi connectivity index (χ0v) is 14.6. The molecule has 2 aromatic rings. The summed E-state index contributed by atoms with van der Waals surface area (Å²) in [6.45, 7) is 2.66. The van der Waals surface area contributed by atoms with E-state index in [1.54, 1.807) is 11.3 Å². The van der Waals surface area contributed by atoms with Crippen molar-refractivity contribution >= 4 is 17.3 Å². The quantitative estimate of drug-likeness (QED) is 0.751. The van der Waals surface area contributed by atoms with Gasteiger partial charge in [-0.05, 0) is 12.0 Å². The molecule has 1 atom stereocenters. The van der Waals surface area contributed by atoms with Crippen molar-refractivity contribution in [1.29, 1.82) is 0 Å². The largest absolute Gasteiger partial charge is 0.467 e. The Hall–Kier alpha value is -1.76. The minimum atomic E-state index is -0.486. The van der Waals surface area contributed by atoms with E-state index in [4.69, 9.17) is 14.5 Å². The van der Waals surface area contributed by atoms with Gasteiger partial charge in [0.1, 0.15) is 0 Å². The number of morpholine rings is 1. The SMILES string of the molecule is COC(=O)[C@@H]1CN(Cc2csc(CCc3ccccc3)n2)CCO1. The fourth-order valence-corrected chi connectivity index (χ4v) is 3.57. The molecule has 1 aromatic heterocycles. The van der Waals surface area contributed by atoms with Crippen LogP contribution >= 0.6 is 11.3 Å². The third kappa shape index (κ3) is 4.63. The third-order valence-corrected chi connectivity index (χ3v) is 5.03. The Morgan fingerprint density at radius 1 is 1.38 bits per heavy atom. The van der Waals surface area contributed by atoms with Crippen LogP contribution in [0.1, 0.15) is 16.3 Å². The Balaban J connectivity index is 1.51. The Morgan fingerprint density at radius 2 is 2.21 bits per heavy atom. The summed E-state index contributed by atoms with van der Waals surface area (Å²) in [5, 5.41) is 3.27. The highest BCUT2D eigenvalue weighted by molar-refractivity contribution is 7.09. The Morgan fingerprint density at radius 3 is 3.00 bits per heavy atom. The van der Waals surface area contributed by atoms with Gasteiger partial charge in [-0.1, -0.05) is 30.3 Å². The monoisotopic (exact) mass is 346 g/mol. The predicted molar refractivity (Wildman–Crippen MR) is 93.0 cm³/mol. The smallest absolute Gasteiger partial charge is 0.336 e.